The van der Waals surface area contributed by atoms with Crippen molar-refractivity contribution >= 4 is 50.9 Å². The van der Waals surface area contributed by atoms with E-state index in [4.69, 9.17) is 28.8 Å². The van der Waals surface area contributed by atoms with Gasteiger partial charge in [-0.3, -0.25) is 24.0 Å². The van der Waals surface area contributed by atoms with Crippen LogP contribution in [0.25, 0.3) is 0 Å². The minimum atomic E-state index is -5.81. The van der Waals surface area contributed by atoms with Crippen LogP contribution in [0, 0.1) is 50.8 Å². The molecular formula is C72H84F4O15S2. The van der Waals surface area contributed by atoms with Crippen molar-refractivity contribution in [3.8, 4) is 17.2 Å². The Hall–Kier alpha value is -7.59. The Bertz CT molecular complexity index is 3520. The Kier molecular flexibility index (Phi) is 25.6. The number of hydrogen-bond donors (Lipinski definition) is 1. The maximum absolute atomic E-state index is 13.6. The number of halogens is 4. The number of phenolic OH excluding ortho intramolecular Hbond substituents is 1. The SMILES string of the molecule is CCC(C)(C)C(=O)OC1C2CC3C(=O)OC1C3O2.CCC(C)(C)C(=O)OC1CCCCc2ccccc21.CCC(C)(C)C(=O)Oc1c(F)c(F)c(S(=O)(=O)[O-])c(F)c1F.CCC(C)(C)C(=O)Oc1ccc(O)cc1.c1ccc([S+](c2ccccc2)c2ccccc2)cc1. The molecule has 0 radical (unpaired) electrons. The van der Waals surface area contributed by atoms with E-state index in [-0.39, 0.29) is 76.6 Å². The molecule has 93 heavy (non-hydrogen) atoms. The molecular weight excluding hydrogens is 1240 g/mol. The van der Waals surface area contributed by atoms with Crippen molar-refractivity contribution in [3.05, 3.63) is 174 Å². The zero-order valence-electron chi connectivity index (χ0n) is 54.6. The van der Waals surface area contributed by atoms with Gasteiger partial charge in [-0.2, -0.15) is 8.78 Å². The van der Waals surface area contributed by atoms with E-state index in [1.54, 1.807) is 19.1 Å². The first-order chi connectivity index (χ1) is 43.7. The Morgan fingerprint density at radius 3 is 1.46 bits per heavy atom. The summed E-state index contributed by atoms with van der Waals surface area (Å²) in [5.74, 6) is -12.7. The van der Waals surface area contributed by atoms with Crippen LogP contribution in [0.2, 0.25) is 0 Å². The van der Waals surface area contributed by atoms with Crippen LogP contribution in [0.5, 0.6) is 17.2 Å². The molecule has 0 aromatic heterocycles. The summed E-state index contributed by atoms with van der Waals surface area (Å²) in [5, 5.41) is 9.06. The average Bonchev–Trinajstić information content (AvgIpc) is 1.60. The van der Waals surface area contributed by atoms with E-state index in [1.165, 1.54) is 58.2 Å². The molecule has 502 valence electrons. The van der Waals surface area contributed by atoms with Gasteiger partial charge in [0.05, 0.1) is 44.6 Å². The second-order valence-corrected chi connectivity index (χ2v) is 28.8. The van der Waals surface area contributed by atoms with Gasteiger partial charge in [-0.15, -0.1) is 0 Å². The lowest BCUT2D eigenvalue weighted by Gasteiger charge is -2.27. The fourth-order valence-corrected chi connectivity index (χ4v) is 12.2. The molecule has 2 bridgehead atoms. The van der Waals surface area contributed by atoms with Gasteiger partial charge in [0.25, 0.3) is 0 Å². The van der Waals surface area contributed by atoms with Crippen LogP contribution in [0.4, 0.5) is 17.6 Å². The van der Waals surface area contributed by atoms with E-state index in [9.17, 15) is 54.5 Å². The van der Waals surface area contributed by atoms with Crippen LogP contribution in [-0.4, -0.2) is 72.3 Å². The van der Waals surface area contributed by atoms with Crippen LogP contribution in [0.3, 0.4) is 0 Å². The monoisotopic (exact) mass is 1330 g/mol. The first-order valence-electron chi connectivity index (χ1n) is 31.0. The minimum absolute atomic E-state index is 0.0146. The molecule has 0 saturated carbocycles. The average molecular weight is 1330 g/mol. The molecule has 3 aliphatic heterocycles. The van der Waals surface area contributed by atoms with Gasteiger partial charge in [-0.05, 0) is 185 Å². The largest absolute Gasteiger partial charge is 0.744 e. The number of aryl methyl sites for hydroxylation is 1. The first kappa shape index (κ1) is 74.4. The molecule has 1 N–H and O–H groups in total. The third-order valence-corrected chi connectivity index (χ3v) is 20.3. The number of aromatic hydroxyl groups is 1. The molecule has 3 fully saturated rings. The molecule has 0 spiro atoms. The van der Waals surface area contributed by atoms with Crippen LogP contribution >= 0.6 is 0 Å². The number of carbonyl (C=O) groups excluding carboxylic acids is 5. The molecule has 6 aromatic rings. The fraction of sp³-hybridized carbons (Fsp3) is 0.431. The van der Waals surface area contributed by atoms with Crippen LogP contribution < -0.4 is 9.47 Å². The number of esters is 5. The van der Waals surface area contributed by atoms with Crippen LogP contribution in [0.1, 0.15) is 152 Å². The highest BCUT2D eigenvalue weighted by Crippen LogP contribution is 2.48. The van der Waals surface area contributed by atoms with E-state index < -0.39 is 78.5 Å². The lowest BCUT2D eigenvalue weighted by Crippen LogP contribution is -2.42. The Balaban J connectivity index is 0.000000185. The van der Waals surface area contributed by atoms with Gasteiger partial charge in [0.1, 0.15) is 38.7 Å². The minimum Gasteiger partial charge on any atom is -0.744 e. The lowest BCUT2D eigenvalue weighted by atomic mass is 9.87. The van der Waals surface area contributed by atoms with Gasteiger partial charge < -0.3 is 38.1 Å². The van der Waals surface area contributed by atoms with Crippen LogP contribution in [-0.2, 0) is 70.4 Å². The summed E-state index contributed by atoms with van der Waals surface area (Å²) in [6, 6.07) is 46.6. The highest BCUT2D eigenvalue weighted by Gasteiger charge is 2.65. The van der Waals surface area contributed by atoms with Crippen molar-refractivity contribution in [2.75, 3.05) is 0 Å². The summed E-state index contributed by atoms with van der Waals surface area (Å²) >= 11 is 0. The number of ether oxygens (including phenoxy) is 6. The summed E-state index contributed by atoms with van der Waals surface area (Å²) in [7, 11) is -5.82. The van der Waals surface area contributed by atoms with E-state index in [2.05, 4.69) is 114 Å². The number of fused-ring (bicyclic) bond motifs is 2. The summed E-state index contributed by atoms with van der Waals surface area (Å²) in [4.78, 5) is 61.0. The summed E-state index contributed by atoms with van der Waals surface area (Å²) in [6.07, 6.45) is 6.15. The predicted octanol–water partition coefficient (Wildman–Crippen LogP) is 15.5. The molecule has 21 heteroatoms. The van der Waals surface area contributed by atoms with E-state index in [0.717, 1.165) is 32.1 Å². The van der Waals surface area contributed by atoms with Crippen molar-refractivity contribution in [2.45, 2.75) is 191 Å². The van der Waals surface area contributed by atoms with Gasteiger partial charge in [0.15, 0.2) is 38.5 Å². The van der Waals surface area contributed by atoms with Crippen molar-refractivity contribution in [1.82, 2.24) is 0 Å². The zero-order chi connectivity index (χ0) is 68.8. The molecule has 10 rings (SSSR count). The second kappa shape index (κ2) is 32.0. The van der Waals surface area contributed by atoms with Gasteiger partial charge in [-0.25, -0.2) is 17.2 Å². The zero-order valence-corrected chi connectivity index (χ0v) is 56.2. The van der Waals surface area contributed by atoms with Crippen molar-refractivity contribution < 1.29 is 88.0 Å². The second-order valence-electron chi connectivity index (χ2n) is 25.4. The summed E-state index contributed by atoms with van der Waals surface area (Å²) in [6.45, 7) is 21.5. The van der Waals surface area contributed by atoms with Crippen LogP contribution in [0.15, 0.2) is 159 Å². The number of carbonyl (C=O) groups is 5. The molecule has 3 heterocycles. The quantitative estimate of drug-likeness (QED) is 0.0139. The maximum Gasteiger partial charge on any atom is 0.317 e. The third-order valence-electron chi connectivity index (χ3n) is 17.2. The number of benzene rings is 6. The highest BCUT2D eigenvalue weighted by atomic mass is 32.2. The van der Waals surface area contributed by atoms with E-state index in [0.29, 0.717) is 18.6 Å². The van der Waals surface area contributed by atoms with Crippen molar-refractivity contribution in [1.29, 1.82) is 0 Å². The number of rotatable bonds is 16. The Morgan fingerprint density at radius 1 is 0.570 bits per heavy atom. The standard InChI is InChI=1S/C18H15S.C17H24O2.C13H18O5.C12H12F4O5S.C12H16O3/c1-4-10-16(11-5-1)19(17-12-6-2-7-13-17)18-14-8-3-9-15-18;1-4-17(2,3)16(18)19-15-12-8-6-10-13-9-5-7-11-14(13)15;1-4-13(2,3)12(15)18-9-7-5-6-8(16-7)10(9)17-11(6)14;1-4-12(2,3)11(17)21-9-5(13)7(15)10(22(18,19)20)8(16)6(9)14;1-4-12(2,3)11(14)15-10-7-5-9(13)6-8-10/h1-15H;5,7,9,11,15H,4,6,8,10,12H2,1-3H3;6-10H,4-5H2,1-3H3;4H2,1-3H3,(H,18,19,20);5-8,13H,4H2,1-3H3/q+1;;;;/p-1. The molecule has 6 unspecified atom stereocenters. The van der Waals surface area contributed by atoms with Gasteiger partial charge in [0.2, 0.25) is 17.4 Å². The van der Waals surface area contributed by atoms with E-state index in [1.807, 2.05) is 68.4 Å². The van der Waals surface area contributed by atoms with Gasteiger partial charge >= 0.3 is 29.8 Å². The van der Waals surface area contributed by atoms with Gasteiger partial charge in [-0.1, -0.05) is 107 Å². The number of hydrogen-bond acceptors (Lipinski definition) is 15. The molecule has 6 aromatic carbocycles. The Morgan fingerprint density at radius 2 is 1.00 bits per heavy atom. The topological polar surface area (TPSA) is 218 Å². The maximum atomic E-state index is 13.6. The lowest BCUT2D eigenvalue weighted by molar-refractivity contribution is -0.169. The fourth-order valence-electron chi connectivity index (χ4n) is 9.50. The molecule has 15 nitrogen and oxygen atoms in total. The van der Waals surface area contributed by atoms with E-state index >= 15 is 0 Å². The summed E-state index contributed by atoms with van der Waals surface area (Å²) < 4.78 is 118. The number of phenols is 1. The Labute approximate surface area is 546 Å². The highest BCUT2D eigenvalue weighted by molar-refractivity contribution is 7.97. The third kappa shape index (κ3) is 18.8. The molecule has 1 aliphatic carbocycles. The smallest absolute Gasteiger partial charge is 0.317 e. The van der Waals surface area contributed by atoms with Gasteiger partial charge in [0, 0.05) is 0 Å². The van der Waals surface area contributed by atoms with Crippen molar-refractivity contribution in [3.63, 3.8) is 0 Å². The van der Waals surface area contributed by atoms with Crippen molar-refractivity contribution in [2.24, 2.45) is 27.6 Å². The predicted molar refractivity (Wildman–Crippen MR) is 341 cm³/mol. The normalized spacial score (nSPS) is 18.8. The first-order valence-corrected chi connectivity index (χ1v) is 33.7. The molecule has 4 aliphatic rings. The molecule has 6 atom stereocenters. The molecule has 3 saturated heterocycles. The molecule has 0 amide bonds. The summed E-state index contributed by atoms with van der Waals surface area (Å²) in [5.41, 5.74) is -0.0367.